The number of hydrogen-bond donors (Lipinski definition) is 3. The van der Waals surface area contributed by atoms with Crippen LogP contribution in [0.5, 0.6) is 0 Å². The Kier molecular flexibility index (Phi) is 4.83. The maximum Gasteiger partial charge on any atom is 0.413 e. The summed E-state index contributed by atoms with van der Waals surface area (Å²) in [5.74, 6) is -1.17. The summed E-state index contributed by atoms with van der Waals surface area (Å²) in [6.45, 7) is 0.0958. The van der Waals surface area contributed by atoms with Crippen LogP contribution in [0.15, 0.2) is 35.4 Å². The quantitative estimate of drug-likeness (QED) is 0.733. The number of carbonyl (C=O) groups is 2. The van der Waals surface area contributed by atoms with Gasteiger partial charge >= 0.3 is 12.1 Å². The Balaban J connectivity index is 2.00. The number of anilines is 1. The molecule has 1 aromatic heterocycles. The fraction of sp³-hybridized carbons (Fsp3) is 0.154. The molecule has 1 amide bonds. The van der Waals surface area contributed by atoms with Crippen molar-refractivity contribution in [3.8, 4) is 0 Å². The number of rotatable bonds is 5. The van der Waals surface area contributed by atoms with Crippen LogP contribution < -0.4 is 5.32 Å². The topological polar surface area (TPSA) is 104 Å². The molecule has 110 valence electrons. The Morgan fingerprint density at radius 3 is 2.71 bits per heavy atom. The third-order valence-corrected chi connectivity index (χ3v) is 3.26. The Morgan fingerprint density at radius 1 is 1.38 bits per heavy atom. The lowest BCUT2D eigenvalue weighted by molar-refractivity contribution is 0.0694. The van der Waals surface area contributed by atoms with Crippen LogP contribution in [-0.4, -0.2) is 33.6 Å². The van der Waals surface area contributed by atoms with Gasteiger partial charge in [0.15, 0.2) is 0 Å². The summed E-state index contributed by atoms with van der Waals surface area (Å²) in [5.41, 5.74) is 0.750. The van der Waals surface area contributed by atoms with Crippen LogP contribution in [0.25, 0.3) is 0 Å². The van der Waals surface area contributed by atoms with Crippen LogP contribution in [0.4, 0.5) is 10.6 Å². The number of nitrogens with zero attached hydrogens (tertiary/aromatic N) is 1. The van der Waals surface area contributed by atoms with E-state index < -0.39 is 12.1 Å². The fourth-order valence-electron chi connectivity index (χ4n) is 1.62. The minimum absolute atomic E-state index is 0.00455. The second-order valence-electron chi connectivity index (χ2n) is 3.97. The molecule has 2 rings (SSSR count). The van der Waals surface area contributed by atoms with Crippen LogP contribution in [0.2, 0.25) is 0 Å². The van der Waals surface area contributed by atoms with Gasteiger partial charge in [-0.25, -0.2) is 9.59 Å². The summed E-state index contributed by atoms with van der Waals surface area (Å²) >= 11 is 1.17. The minimum Gasteiger partial charge on any atom is -0.477 e. The first-order valence-corrected chi connectivity index (χ1v) is 7.17. The molecule has 1 heterocycles. The van der Waals surface area contributed by atoms with E-state index in [1.165, 1.54) is 11.8 Å². The number of carboxylic acids is 1. The van der Waals surface area contributed by atoms with E-state index in [2.05, 4.69) is 15.5 Å². The van der Waals surface area contributed by atoms with Gasteiger partial charge in [0.25, 0.3) is 0 Å². The number of carboxylic acid groups (broad SMARTS) is 1. The second kappa shape index (κ2) is 6.80. The normalized spacial score (nSPS) is 10.1. The van der Waals surface area contributed by atoms with Crippen molar-refractivity contribution in [3.05, 3.63) is 41.5 Å². The molecule has 0 saturated carbocycles. The molecule has 8 heteroatoms. The van der Waals surface area contributed by atoms with Crippen LogP contribution in [0.3, 0.4) is 0 Å². The lowest BCUT2D eigenvalue weighted by Crippen LogP contribution is -2.16. The second-order valence-corrected chi connectivity index (χ2v) is 4.77. The zero-order chi connectivity index (χ0) is 15.2. The molecule has 0 aliphatic carbocycles. The lowest BCUT2D eigenvalue weighted by Gasteiger charge is -2.06. The fourth-order valence-corrected chi connectivity index (χ4v) is 2.15. The zero-order valence-corrected chi connectivity index (χ0v) is 11.9. The van der Waals surface area contributed by atoms with Crippen molar-refractivity contribution in [2.24, 2.45) is 0 Å². The van der Waals surface area contributed by atoms with Gasteiger partial charge in [0.1, 0.15) is 23.0 Å². The monoisotopic (exact) mass is 307 g/mol. The number of aromatic carboxylic acids is 1. The SMILES string of the molecule is CSc1n[nH]c(NC(=O)OCc2ccccc2)c1C(=O)O. The maximum atomic E-state index is 11.7. The first-order valence-electron chi connectivity index (χ1n) is 5.95. The van der Waals surface area contributed by atoms with Gasteiger partial charge in [-0.3, -0.25) is 10.4 Å². The van der Waals surface area contributed by atoms with Gasteiger partial charge in [0, 0.05) is 0 Å². The van der Waals surface area contributed by atoms with Gasteiger partial charge in [-0.15, -0.1) is 11.8 Å². The number of ether oxygens (including phenoxy) is 1. The van der Waals surface area contributed by atoms with E-state index in [1.807, 2.05) is 30.3 Å². The predicted octanol–water partition coefficient (Wildman–Crippen LogP) is 2.58. The van der Waals surface area contributed by atoms with Gasteiger partial charge in [-0.1, -0.05) is 30.3 Å². The van der Waals surface area contributed by atoms with E-state index in [-0.39, 0.29) is 18.0 Å². The third-order valence-electron chi connectivity index (χ3n) is 2.58. The van der Waals surface area contributed by atoms with Crippen molar-refractivity contribution in [3.63, 3.8) is 0 Å². The molecule has 2 aromatic rings. The largest absolute Gasteiger partial charge is 0.477 e. The van der Waals surface area contributed by atoms with E-state index in [9.17, 15) is 9.59 Å². The van der Waals surface area contributed by atoms with E-state index in [1.54, 1.807) is 6.26 Å². The lowest BCUT2D eigenvalue weighted by atomic mass is 10.2. The highest BCUT2D eigenvalue weighted by atomic mass is 32.2. The Hall–Kier alpha value is -2.48. The van der Waals surface area contributed by atoms with E-state index in [0.29, 0.717) is 5.03 Å². The molecule has 7 nitrogen and oxygen atoms in total. The van der Waals surface area contributed by atoms with Crippen LogP contribution >= 0.6 is 11.8 Å². The summed E-state index contributed by atoms with van der Waals surface area (Å²) in [4.78, 5) is 22.8. The molecule has 0 bridgehead atoms. The Morgan fingerprint density at radius 2 is 2.10 bits per heavy atom. The van der Waals surface area contributed by atoms with Crippen molar-refractivity contribution in [2.75, 3.05) is 11.6 Å². The maximum absolute atomic E-state index is 11.7. The number of hydrogen-bond acceptors (Lipinski definition) is 5. The molecule has 0 aliphatic rings. The molecule has 3 N–H and O–H groups in total. The van der Waals surface area contributed by atoms with Gasteiger partial charge in [0.2, 0.25) is 0 Å². The molecule has 0 saturated heterocycles. The van der Waals surface area contributed by atoms with Crippen LogP contribution in [0, 0.1) is 0 Å². The molecular formula is C13H13N3O4S. The smallest absolute Gasteiger partial charge is 0.413 e. The van der Waals surface area contributed by atoms with E-state index in [0.717, 1.165) is 5.56 Å². The number of thioether (sulfide) groups is 1. The highest BCUT2D eigenvalue weighted by molar-refractivity contribution is 7.98. The van der Waals surface area contributed by atoms with E-state index in [4.69, 9.17) is 9.84 Å². The number of H-pyrrole nitrogens is 1. The van der Waals surface area contributed by atoms with Gasteiger partial charge < -0.3 is 9.84 Å². The number of nitrogens with one attached hydrogen (secondary N) is 2. The van der Waals surface area contributed by atoms with Gasteiger partial charge in [-0.2, -0.15) is 5.10 Å². The van der Waals surface area contributed by atoms with Crippen molar-refractivity contribution in [2.45, 2.75) is 11.6 Å². The Bertz CT molecular complexity index is 642. The first-order chi connectivity index (χ1) is 10.1. The molecule has 21 heavy (non-hydrogen) atoms. The number of carbonyl (C=O) groups excluding carboxylic acids is 1. The van der Waals surface area contributed by atoms with Crippen LogP contribution in [-0.2, 0) is 11.3 Å². The van der Waals surface area contributed by atoms with Crippen molar-refractivity contribution >= 4 is 29.6 Å². The number of benzene rings is 1. The molecule has 0 radical (unpaired) electrons. The number of aromatic nitrogens is 2. The first kappa shape index (κ1) is 14.9. The average Bonchev–Trinajstić information content (AvgIpc) is 2.89. The molecule has 0 aliphatic heterocycles. The van der Waals surface area contributed by atoms with Crippen molar-refractivity contribution in [1.29, 1.82) is 0 Å². The third kappa shape index (κ3) is 3.76. The molecule has 0 unspecified atom stereocenters. The molecular weight excluding hydrogens is 294 g/mol. The van der Waals surface area contributed by atoms with Gasteiger partial charge in [0.05, 0.1) is 0 Å². The van der Waals surface area contributed by atoms with Crippen molar-refractivity contribution in [1.82, 2.24) is 10.2 Å². The zero-order valence-electron chi connectivity index (χ0n) is 11.1. The summed E-state index contributed by atoms with van der Waals surface area (Å²) < 4.78 is 5.01. The molecule has 1 aromatic carbocycles. The van der Waals surface area contributed by atoms with Crippen molar-refractivity contribution < 1.29 is 19.4 Å². The number of aromatic amines is 1. The number of amides is 1. The standard InChI is InChI=1S/C13H13N3O4S/c1-21-11-9(12(17)18)10(15-16-11)14-13(19)20-7-8-5-3-2-4-6-8/h2-6H,7H2,1H3,(H,17,18)(H2,14,15,16,19). The summed E-state index contributed by atoms with van der Waals surface area (Å²) in [6.07, 6.45) is 0.942. The summed E-state index contributed by atoms with van der Waals surface area (Å²) in [6, 6.07) is 9.16. The highest BCUT2D eigenvalue weighted by Crippen LogP contribution is 2.24. The summed E-state index contributed by atoms with van der Waals surface area (Å²) in [5, 5.41) is 18.0. The molecule has 0 fully saturated rings. The molecule has 0 atom stereocenters. The van der Waals surface area contributed by atoms with Gasteiger partial charge in [-0.05, 0) is 11.8 Å². The minimum atomic E-state index is -1.17. The highest BCUT2D eigenvalue weighted by Gasteiger charge is 2.21. The molecule has 0 spiro atoms. The summed E-state index contributed by atoms with van der Waals surface area (Å²) in [7, 11) is 0. The van der Waals surface area contributed by atoms with E-state index >= 15 is 0 Å². The average molecular weight is 307 g/mol. The van der Waals surface area contributed by atoms with Crippen LogP contribution in [0.1, 0.15) is 15.9 Å². The predicted molar refractivity (Wildman–Crippen MR) is 77.6 cm³/mol. The Labute approximate surface area is 124 Å².